The Morgan fingerprint density at radius 3 is 2.82 bits per heavy atom. The van der Waals surface area contributed by atoms with Crippen LogP contribution in [0.5, 0.6) is 0 Å². The van der Waals surface area contributed by atoms with Crippen LogP contribution in [0, 0.1) is 17.6 Å². The first-order valence-corrected chi connectivity index (χ1v) is 5.77. The Labute approximate surface area is 97.2 Å². The minimum Gasteiger partial charge on any atom is -0.341 e. The van der Waals surface area contributed by atoms with Gasteiger partial charge in [-0.05, 0) is 25.3 Å². The highest BCUT2D eigenvalue weighted by atomic mass is 19.2. The molecule has 0 saturated heterocycles. The van der Waals surface area contributed by atoms with Crippen LogP contribution in [-0.2, 0) is 6.54 Å². The highest BCUT2D eigenvalue weighted by molar-refractivity contribution is 5.75. The van der Waals surface area contributed by atoms with E-state index in [0.717, 1.165) is 24.6 Å². The van der Waals surface area contributed by atoms with E-state index in [4.69, 9.17) is 0 Å². The van der Waals surface area contributed by atoms with Crippen LogP contribution in [0.15, 0.2) is 12.1 Å². The van der Waals surface area contributed by atoms with Gasteiger partial charge in [0.25, 0.3) is 0 Å². The first-order chi connectivity index (χ1) is 8.22. The van der Waals surface area contributed by atoms with Crippen LogP contribution in [-0.4, -0.2) is 16.5 Å². The number of halogens is 2. The smallest absolute Gasteiger partial charge is 0.161 e. The van der Waals surface area contributed by atoms with E-state index in [1.54, 1.807) is 0 Å². The summed E-state index contributed by atoms with van der Waals surface area (Å²) in [4.78, 5) is 7.18. The zero-order valence-corrected chi connectivity index (χ0v) is 9.26. The van der Waals surface area contributed by atoms with Gasteiger partial charge in [-0.15, -0.1) is 0 Å². The van der Waals surface area contributed by atoms with Gasteiger partial charge in [-0.1, -0.05) is 0 Å². The number of fused-ring (bicyclic) bond motifs is 1. The van der Waals surface area contributed by atoms with Crippen LogP contribution in [0.1, 0.15) is 18.7 Å². The van der Waals surface area contributed by atoms with Crippen molar-refractivity contribution in [3.05, 3.63) is 29.6 Å². The van der Waals surface area contributed by atoms with Crippen molar-refractivity contribution in [2.75, 3.05) is 6.54 Å². The van der Waals surface area contributed by atoms with E-state index in [-0.39, 0.29) is 0 Å². The molecule has 3 nitrogen and oxygen atoms in total. The summed E-state index contributed by atoms with van der Waals surface area (Å²) in [6.07, 6.45) is 2.59. The molecule has 1 aromatic heterocycles. The van der Waals surface area contributed by atoms with Gasteiger partial charge in [0.2, 0.25) is 0 Å². The molecular weight excluding hydrogens is 224 g/mol. The van der Waals surface area contributed by atoms with E-state index in [0.29, 0.717) is 23.4 Å². The van der Waals surface area contributed by atoms with E-state index in [1.807, 2.05) is 0 Å². The van der Waals surface area contributed by atoms with Crippen molar-refractivity contribution >= 4 is 11.0 Å². The predicted molar refractivity (Wildman–Crippen MR) is 60.4 cm³/mol. The molecule has 2 aromatic rings. The number of aromatic amines is 1. The summed E-state index contributed by atoms with van der Waals surface area (Å²) >= 11 is 0. The van der Waals surface area contributed by atoms with Crippen LogP contribution < -0.4 is 5.32 Å². The summed E-state index contributed by atoms with van der Waals surface area (Å²) in [6, 6.07) is 2.26. The summed E-state index contributed by atoms with van der Waals surface area (Å²) in [5, 5.41) is 3.27. The third kappa shape index (κ3) is 2.29. The van der Waals surface area contributed by atoms with Gasteiger partial charge in [-0.2, -0.15) is 0 Å². The molecule has 1 aliphatic carbocycles. The third-order valence-corrected chi connectivity index (χ3v) is 3.00. The lowest BCUT2D eigenvalue weighted by Gasteiger charge is -1.98. The SMILES string of the molecule is Fc1cc2nc(CNCC3CC3)[nH]c2cc1F. The van der Waals surface area contributed by atoms with Crippen LogP contribution in [0.25, 0.3) is 11.0 Å². The lowest BCUT2D eigenvalue weighted by molar-refractivity contribution is 0.510. The lowest BCUT2D eigenvalue weighted by Crippen LogP contribution is -2.16. The molecule has 0 atom stereocenters. The average Bonchev–Trinajstić information content (AvgIpc) is 3.02. The second-order valence-electron chi connectivity index (χ2n) is 4.54. The molecule has 0 radical (unpaired) electrons. The Morgan fingerprint density at radius 1 is 1.29 bits per heavy atom. The number of imidazole rings is 1. The highest BCUT2D eigenvalue weighted by Crippen LogP contribution is 2.27. The molecule has 0 bridgehead atoms. The van der Waals surface area contributed by atoms with Gasteiger partial charge < -0.3 is 10.3 Å². The standard InChI is InChI=1S/C12H13F2N3/c13-8-3-10-11(4-9(8)14)17-12(16-10)6-15-5-7-1-2-7/h3-4,7,15H,1-2,5-6H2,(H,16,17). The van der Waals surface area contributed by atoms with Gasteiger partial charge >= 0.3 is 0 Å². The fourth-order valence-corrected chi connectivity index (χ4v) is 1.86. The number of H-pyrrole nitrogens is 1. The van der Waals surface area contributed by atoms with Crippen molar-refractivity contribution in [2.24, 2.45) is 5.92 Å². The number of nitrogens with one attached hydrogen (secondary N) is 2. The molecule has 1 heterocycles. The fourth-order valence-electron chi connectivity index (χ4n) is 1.86. The molecule has 3 rings (SSSR count). The molecule has 1 fully saturated rings. The zero-order chi connectivity index (χ0) is 11.8. The van der Waals surface area contributed by atoms with E-state index in [1.165, 1.54) is 12.8 Å². The van der Waals surface area contributed by atoms with E-state index < -0.39 is 11.6 Å². The van der Waals surface area contributed by atoms with Crippen molar-refractivity contribution in [3.8, 4) is 0 Å². The number of aromatic nitrogens is 2. The average molecular weight is 237 g/mol. The first-order valence-electron chi connectivity index (χ1n) is 5.77. The number of hydrogen-bond donors (Lipinski definition) is 2. The maximum absolute atomic E-state index is 13.0. The molecule has 17 heavy (non-hydrogen) atoms. The third-order valence-electron chi connectivity index (χ3n) is 3.00. The molecule has 1 saturated carbocycles. The quantitative estimate of drug-likeness (QED) is 0.856. The van der Waals surface area contributed by atoms with Gasteiger partial charge in [-0.3, -0.25) is 0 Å². The van der Waals surface area contributed by atoms with Crippen molar-refractivity contribution in [2.45, 2.75) is 19.4 Å². The molecule has 1 aliphatic rings. The normalized spacial score (nSPS) is 15.6. The molecule has 5 heteroatoms. The van der Waals surface area contributed by atoms with Gasteiger partial charge in [-0.25, -0.2) is 13.8 Å². The van der Waals surface area contributed by atoms with E-state index in [2.05, 4.69) is 15.3 Å². The monoisotopic (exact) mass is 237 g/mol. The van der Waals surface area contributed by atoms with Gasteiger partial charge in [0, 0.05) is 12.1 Å². The topological polar surface area (TPSA) is 40.7 Å². The summed E-state index contributed by atoms with van der Waals surface area (Å²) in [7, 11) is 0. The largest absolute Gasteiger partial charge is 0.341 e. The van der Waals surface area contributed by atoms with Gasteiger partial charge in [0.05, 0.1) is 17.6 Å². The molecule has 0 unspecified atom stereocenters. The van der Waals surface area contributed by atoms with E-state index in [9.17, 15) is 8.78 Å². The van der Waals surface area contributed by atoms with Crippen LogP contribution in [0.3, 0.4) is 0 Å². The number of hydrogen-bond acceptors (Lipinski definition) is 2. The Kier molecular flexibility index (Phi) is 2.55. The summed E-state index contributed by atoms with van der Waals surface area (Å²) in [5.74, 6) is -0.194. The highest BCUT2D eigenvalue weighted by Gasteiger charge is 2.20. The minimum absolute atomic E-state index is 0.465. The molecule has 0 aliphatic heterocycles. The maximum Gasteiger partial charge on any atom is 0.161 e. The zero-order valence-electron chi connectivity index (χ0n) is 9.26. The second kappa shape index (κ2) is 4.07. The van der Waals surface area contributed by atoms with Crippen molar-refractivity contribution < 1.29 is 8.78 Å². The number of rotatable bonds is 4. The van der Waals surface area contributed by atoms with Crippen LogP contribution in [0.4, 0.5) is 8.78 Å². The molecular formula is C12H13F2N3. The Bertz CT molecular complexity index is 507. The Morgan fingerprint density at radius 2 is 2.06 bits per heavy atom. The molecule has 1 aromatic carbocycles. The summed E-state index contributed by atoms with van der Waals surface area (Å²) in [5.41, 5.74) is 0.999. The van der Waals surface area contributed by atoms with Crippen molar-refractivity contribution in [1.29, 1.82) is 0 Å². The summed E-state index contributed by atoms with van der Waals surface area (Å²) < 4.78 is 26.0. The Hall–Kier alpha value is -1.49. The molecule has 90 valence electrons. The predicted octanol–water partition coefficient (Wildman–Crippen LogP) is 2.34. The van der Waals surface area contributed by atoms with Crippen LogP contribution >= 0.6 is 0 Å². The number of benzene rings is 1. The minimum atomic E-state index is -0.860. The van der Waals surface area contributed by atoms with Gasteiger partial charge in [0.1, 0.15) is 5.82 Å². The van der Waals surface area contributed by atoms with Crippen molar-refractivity contribution in [3.63, 3.8) is 0 Å². The molecule has 0 spiro atoms. The second-order valence-corrected chi connectivity index (χ2v) is 4.54. The van der Waals surface area contributed by atoms with Crippen molar-refractivity contribution in [1.82, 2.24) is 15.3 Å². The van der Waals surface area contributed by atoms with E-state index >= 15 is 0 Å². The number of nitrogens with zero attached hydrogens (tertiary/aromatic N) is 1. The molecule has 2 N–H and O–H groups in total. The maximum atomic E-state index is 13.0. The summed E-state index contributed by atoms with van der Waals surface area (Å²) in [6.45, 7) is 1.59. The Balaban J connectivity index is 1.75. The van der Waals surface area contributed by atoms with Gasteiger partial charge in [0.15, 0.2) is 11.6 Å². The van der Waals surface area contributed by atoms with Crippen LogP contribution in [0.2, 0.25) is 0 Å². The molecule has 0 amide bonds. The fraction of sp³-hybridized carbons (Fsp3) is 0.417. The lowest BCUT2D eigenvalue weighted by atomic mass is 10.3. The first kappa shape index (κ1) is 10.7.